The van der Waals surface area contributed by atoms with Gasteiger partial charge in [0.1, 0.15) is 23.3 Å². The minimum Gasteiger partial charge on any atom is -0.384 e. The zero-order valence-corrected chi connectivity index (χ0v) is 11.9. The van der Waals surface area contributed by atoms with E-state index in [1.165, 1.54) is 6.07 Å². The Hall–Kier alpha value is -2.17. The maximum Gasteiger partial charge on any atom is 0.135 e. The molecule has 1 aromatic heterocycles. The van der Waals surface area contributed by atoms with Gasteiger partial charge in [0.25, 0.3) is 0 Å². The summed E-state index contributed by atoms with van der Waals surface area (Å²) < 4.78 is 13.7. The molecule has 1 aromatic carbocycles. The summed E-state index contributed by atoms with van der Waals surface area (Å²) in [6.45, 7) is 5.88. The third-order valence-electron chi connectivity index (χ3n) is 3.02. The Bertz CT molecular complexity index is 598. The van der Waals surface area contributed by atoms with E-state index in [1.54, 1.807) is 18.2 Å². The van der Waals surface area contributed by atoms with Crippen molar-refractivity contribution in [2.45, 2.75) is 32.7 Å². The van der Waals surface area contributed by atoms with Crippen LogP contribution in [0.4, 0.5) is 16.0 Å². The van der Waals surface area contributed by atoms with Gasteiger partial charge in [0, 0.05) is 17.5 Å². The molecule has 20 heavy (non-hydrogen) atoms. The van der Waals surface area contributed by atoms with Gasteiger partial charge in [-0.2, -0.15) is 0 Å². The first-order chi connectivity index (χ1) is 9.47. The first kappa shape index (κ1) is 14.2. The third-order valence-corrected chi connectivity index (χ3v) is 3.02. The van der Waals surface area contributed by atoms with Crippen LogP contribution in [-0.2, 0) is 0 Å². The Balaban J connectivity index is 2.24. The molecule has 5 heteroatoms. The van der Waals surface area contributed by atoms with Crippen LogP contribution in [0.5, 0.6) is 0 Å². The van der Waals surface area contributed by atoms with E-state index in [0.29, 0.717) is 23.0 Å². The molecule has 1 heterocycles. The van der Waals surface area contributed by atoms with E-state index >= 15 is 0 Å². The van der Waals surface area contributed by atoms with E-state index in [2.05, 4.69) is 15.3 Å². The average Bonchev–Trinajstić information content (AvgIpc) is 2.38. The lowest BCUT2D eigenvalue weighted by molar-refractivity contribution is 0.600. The van der Waals surface area contributed by atoms with E-state index in [-0.39, 0.29) is 17.8 Å². The number of rotatable bonds is 4. The minimum absolute atomic E-state index is 0.183. The topological polar surface area (TPSA) is 63.8 Å². The Morgan fingerprint density at radius 1 is 1.15 bits per heavy atom. The van der Waals surface area contributed by atoms with Crippen LogP contribution in [0.3, 0.4) is 0 Å². The molecule has 3 N–H and O–H groups in total. The molecule has 0 spiro atoms. The zero-order chi connectivity index (χ0) is 14.7. The van der Waals surface area contributed by atoms with Gasteiger partial charge >= 0.3 is 0 Å². The summed E-state index contributed by atoms with van der Waals surface area (Å²) in [7, 11) is 0. The van der Waals surface area contributed by atoms with Crippen LogP contribution in [0.2, 0.25) is 0 Å². The first-order valence-corrected chi connectivity index (χ1v) is 6.62. The lowest BCUT2D eigenvalue weighted by Gasteiger charge is -2.17. The van der Waals surface area contributed by atoms with Gasteiger partial charge in [-0.25, -0.2) is 14.4 Å². The van der Waals surface area contributed by atoms with Gasteiger partial charge in [0.15, 0.2) is 0 Å². The number of nitrogen functional groups attached to an aromatic ring is 1. The van der Waals surface area contributed by atoms with Gasteiger partial charge in [-0.05, 0) is 13.0 Å². The Kier molecular flexibility index (Phi) is 4.17. The summed E-state index contributed by atoms with van der Waals surface area (Å²) >= 11 is 0. The fourth-order valence-electron chi connectivity index (χ4n) is 1.94. The van der Waals surface area contributed by atoms with E-state index in [4.69, 9.17) is 5.73 Å². The molecule has 2 aromatic rings. The summed E-state index contributed by atoms with van der Waals surface area (Å²) in [4.78, 5) is 8.59. The maximum absolute atomic E-state index is 13.7. The predicted octanol–water partition coefficient (Wildman–Crippen LogP) is 3.49. The molecule has 0 aliphatic carbocycles. The molecular weight excluding hydrogens is 255 g/mol. The molecule has 0 bridgehead atoms. The van der Waals surface area contributed by atoms with Gasteiger partial charge in [-0.1, -0.05) is 32.0 Å². The van der Waals surface area contributed by atoms with Crippen LogP contribution in [0.1, 0.15) is 44.1 Å². The molecule has 0 aliphatic heterocycles. The highest BCUT2D eigenvalue weighted by Gasteiger charge is 2.12. The molecular formula is C15H19FN4. The standard InChI is InChI=1S/C15H19FN4/c1-9(2)15-19-13(17)8-14(20-15)18-10(3)11-6-4-5-7-12(11)16/h4-10H,1-3H3,(H3,17,18,19,20). The molecule has 0 saturated heterocycles. The summed E-state index contributed by atoms with van der Waals surface area (Å²) in [5.41, 5.74) is 6.37. The van der Waals surface area contributed by atoms with Crippen molar-refractivity contribution in [1.82, 2.24) is 9.97 Å². The van der Waals surface area contributed by atoms with Crippen molar-refractivity contribution in [3.63, 3.8) is 0 Å². The Morgan fingerprint density at radius 2 is 1.85 bits per heavy atom. The molecule has 0 radical (unpaired) electrons. The average molecular weight is 274 g/mol. The van der Waals surface area contributed by atoms with Gasteiger partial charge in [-0.3, -0.25) is 0 Å². The smallest absolute Gasteiger partial charge is 0.135 e. The second kappa shape index (κ2) is 5.86. The molecule has 0 fully saturated rings. The number of hydrogen-bond acceptors (Lipinski definition) is 4. The number of anilines is 2. The molecule has 0 amide bonds. The monoisotopic (exact) mass is 274 g/mol. The highest BCUT2D eigenvalue weighted by molar-refractivity contribution is 5.46. The van der Waals surface area contributed by atoms with Crippen molar-refractivity contribution in [1.29, 1.82) is 0 Å². The number of benzene rings is 1. The Labute approximate surface area is 118 Å². The lowest BCUT2D eigenvalue weighted by Crippen LogP contribution is -2.12. The highest BCUT2D eigenvalue weighted by atomic mass is 19.1. The van der Waals surface area contributed by atoms with Crippen molar-refractivity contribution in [2.75, 3.05) is 11.1 Å². The molecule has 0 aliphatic rings. The van der Waals surface area contributed by atoms with Crippen LogP contribution in [0.25, 0.3) is 0 Å². The van der Waals surface area contributed by atoms with E-state index in [9.17, 15) is 4.39 Å². The second-order valence-electron chi connectivity index (χ2n) is 5.08. The summed E-state index contributed by atoms with van der Waals surface area (Å²) in [5, 5.41) is 3.16. The van der Waals surface area contributed by atoms with Crippen LogP contribution in [-0.4, -0.2) is 9.97 Å². The number of hydrogen-bond donors (Lipinski definition) is 2. The highest BCUT2D eigenvalue weighted by Crippen LogP contribution is 2.22. The van der Waals surface area contributed by atoms with Crippen molar-refractivity contribution < 1.29 is 4.39 Å². The van der Waals surface area contributed by atoms with Gasteiger partial charge in [0.2, 0.25) is 0 Å². The van der Waals surface area contributed by atoms with Gasteiger partial charge < -0.3 is 11.1 Å². The van der Waals surface area contributed by atoms with E-state index < -0.39 is 0 Å². The van der Waals surface area contributed by atoms with Crippen LogP contribution in [0.15, 0.2) is 30.3 Å². The van der Waals surface area contributed by atoms with Crippen LogP contribution < -0.4 is 11.1 Å². The number of nitrogens with one attached hydrogen (secondary N) is 1. The normalized spacial score (nSPS) is 12.4. The second-order valence-corrected chi connectivity index (χ2v) is 5.08. The quantitative estimate of drug-likeness (QED) is 0.895. The first-order valence-electron chi connectivity index (χ1n) is 6.62. The van der Waals surface area contributed by atoms with Gasteiger partial charge in [0.05, 0.1) is 6.04 Å². The number of aromatic nitrogens is 2. The molecule has 106 valence electrons. The van der Waals surface area contributed by atoms with E-state index in [1.807, 2.05) is 26.8 Å². The molecule has 4 nitrogen and oxygen atoms in total. The number of halogens is 1. The number of nitrogens with zero attached hydrogens (tertiary/aromatic N) is 2. The van der Waals surface area contributed by atoms with Crippen molar-refractivity contribution >= 4 is 11.6 Å². The van der Waals surface area contributed by atoms with Crippen molar-refractivity contribution in [3.05, 3.63) is 47.5 Å². The van der Waals surface area contributed by atoms with Crippen molar-refractivity contribution in [2.24, 2.45) is 0 Å². The Morgan fingerprint density at radius 3 is 2.50 bits per heavy atom. The van der Waals surface area contributed by atoms with E-state index in [0.717, 1.165) is 0 Å². The fraction of sp³-hybridized carbons (Fsp3) is 0.333. The largest absolute Gasteiger partial charge is 0.384 e. The van der Waals surface area contributed by atoms with Crippen LogP contribution >= 0.6 is 0 Å². The summed E-state index contributed by atoms with van der Waals surface area (Å²) in [6, 6.07) is 8.13. The summed E-state index contributed by atoms with van der Waals surface area (Å²) in [5.74, 6) is 1.64. The SMILES string of the molecule is CC(C)c1nc(N)cc(NC(C)c2ccccc2F)n1. The lowest BCUT2D eigenvalue weighted by atomic mass is 10.1. The molecule has 2 rings (SSSR count). The third kappa shape index (κ3) is 3.23. The number of nitrogens with two attached hydrogens (primary N) is 1. The predicted molar refractivity (Wildman–Crippen MR) is 79.0 cm³/mol. The summed E-state index contributed by atoms with van der Waals surface area (Å²) in [6.07, 6.45) is 0. The zero-order valence-electron chi connectivity index (χ0n) is 11.9. The van der Waals surface area contributed by atoms with Crippen molar-refractivity contribution in [3.8, 4) is 0 Å². The molecule has 0 saturated carbocycles. The molecule has 1 unspecified atom stereocenters. The van der Waals surface area contributed by atoms with Gasteiger partial charge in [-0.15, -0.1) is 0 Å². The minimum atomic E-state index is -0.237. The van der Waals surface area contributed by atoms with Crippen LogP contribution in [0, 0.1) is 5.82 Å². The molecule has 1 atom stereocenters. The fourth-order valence-corrected chi connectivity index (χ4v) is 1.94. The maximum atomic E-state index is 13.7.